The first kappa shape index (κ1) is 7.37. The van der Waals surface area contributed by atoms with Gasteiger partial charge in [-0.15, -0.1) is 0 Å². The van der Waals surface area contributed by atoms with Gasteiger partial charge in [0.05, 0.1) is 0 Å². The first-order chi connectivity index (χ1) is 5.52. The van der Waals surface area contributed by atoms with Crippen LogP contribution in [0.2, 0.25) is 0 Å². The fourth-order valence-electron chi connectivity index (χ4n) is 4.71. The molecular weight excluding hydrogens is 146 g/mol. The van der Waals surface area contributed by atoms with Crippen molar-refractivity contribution in [3.8, 4) is 0 Å². The lowest BCUT2D eigenvalue weighted by molar-refractivity contribution is -0.292. The van der Waals surface area contributed by atoms with Gasteiger partial charge in [0.2, 0.25) is 0 Å². The van der Waals surface area contributed by atoms with Gasteiger partial charge in [-0.2, -0.15) is 0 Å². The molecule has 2 aliphatic carbocycles. The van der Waals surface area contributed by atoms with Crippen molar-refractivity contribution in [3.63, 3.8) is 0 Å². The molecule has 0 aromatic carbocycles. The molecule has 68 valence electrons. The van der Waals surface area contributed by atoms with Gasteiger partial charge in [0, 0.05) is 5.54 Å². The van der Waals surface area contributed by atoms with Gasteiger partial charge in [-0.1, -0.05) is 13.8 Å². The van der Waals surface area contributed by atoms with Crippen molar-refractivity contribution in [2.45, 2.75) is 45.6 Å². The van der Waals surface area contributed by atoms with Crippen LogP contribution in [-0.4, -0.2) is 12.1 Å². The number of piperidine rings is 1. The normalized spacial score (nSPS) is 67.8. The molecule has 0 aromatic rings. The van der Waals surface area contributed by atoms with Crippen molar-refractivity contribution < 1.29 is 0 Å². The van der Waals surface area contributed by atoms with Crippen LogP contribution in [0.4, 0.5) is 0 Å². The van der Waals surface area contributed by atoms with E-state index in [1.165, 1.54) is 25.8 Å². The Bertz CT molecular complexity index is 249. The highest BCUT2D eigenvalue weighted by atomic mass is 15.1. The molecule has 0 bridgehead atoms. The molecule has 3 rings (SSSR count). The number of rotatable bonds is 0. The van der Waals surface area contributed by atoms with Gasteiger partial charge in [0.15, 0.2) is 0 Å². The molecule has 1 heteroatoms. The summed E-state index contributed by atoms with van der Waals surface area (Å²) in [6.07, 6.45) is 4.33. The van der Waals surface area contributed by atoms with Gasteiger partial charge < -0.3 is 5.32 Å². The van der Waals surface area contributed by atoms with Crippen molar-refractivity contribution in [2.24, 2.45) is 16.7 Å². The molecule has 1 aliphatic heterocycles. The smallest absolute Gasteiger partial charge is 0.0220 e. The lowest BCUT2D eigenvalue weighted by Gasteiger charge is -2.81. The molecule has 0 radical (unpaired) electrons. The Morgan fingerprint density at radius 3 is 2.50 bits per heavy atom. The lowest BCUT2D eigenvalue weighted by Crippen LogP contribution is -2.83. The monoisotopic (exact) mass is 165 g/mol. The van der Waals surface area contributed by atoms with Crippen LogP contribution in [0, 0.1) is 16.7 Å². The molecule has 1 N–H and O–H groups in total. The molecule has 1 nitrogen and oxygen atoms in total. The summed E-state index contributed by atoms with van der Waals surface area (Å²) in [5.41, 5.74) is 1.82. The van der Waals surface area contributed by atoms with Crippen molar-refractivity contribution in [2.75, 3.05) is 6.54 Å². The van der Waals surface area contributed by atoms with Crippen LogP contribution in [0.15, 0.2) is 0 Å². The Labute approximate surface area is 74.9 Å². The average Bonchev–Trinajstić information content (AvgIpc) is 1.97. The van der Waals surface area contributed by atoms with E-state index in [9.17, 15) is 0 Å². The van der Waals surface area contributed by atoms with E-state index < -0.39 is 0 Å². The predicted octanol–water partition coefficient (Wildman–Crippen LogP) is 2.17. The van der Waals surface area contributed by atoms with E-state index in [-0.39, 0.29) is 0 Å². The maximum Gasteiger partial charge on any atom is 0.0220 e. The molecule has 1 saturated heterocycles. The van der Waals surface area contributed by atoms with Crippen LogP contribution in [0.1, 0.15) is 40.0 Å². The van der Waals surface area contributed by atoms with E-state index in [1.54, 1.807) is 0 Å². The zero-order valence-electron chi connectivity index (χ0n) is 8.41. The molecule has 0 aromatic heterocycles. The molecule has 0 amide bonds. The van der Waals surface area contributed by atoms with E-state index in [4.69, 9.17) is 0 Å². The second kappa shape index (κ2) is 1.61. The Balaban J connectivity index is 2.02. The van der Waals surface area contributed by atoms with Gasteiger partial charge in [-0.25, -0.2) is 0 Å². The van der Waals surface area contributed by atoms with Crippen LogP contribution in [0.5, 0.6) is 0 Å². The number of nitrogens with one attached hydrogen (secondary N) is 1. The third-order valence-electron chi connectivity index (χ3n) is 5.67. The topological polar surface area (TPSA) is 12.0 Å². The minimum absolute atomic E-state index is 0.489. The third kappa shape index (κ3) is 0.454. The van der Waals surface area contributed by atoms with Crippen molar-refractivity contribution in [1.82, 2.24) is 5.32 Å². The average molecular weight is 165 g/mol. The van der Waals surface area contributed by atoms with Gasteiger partial charge in [-0.05, 0) is 49.5 Å². The summed E-state index contributed by atoms with van der Waals surface area (Å²) in [5.74, 6) is 1.03. The fourth-order valence-corrected chi connectivity index (χ4v) is 4.71. The quantitative estimate of drug-likeness (QED) is 0.580. The van der Waals surface area contributed by atoms with E-state index in [0.717, 1.165) is 5.92 Å². The molecule has 4 unspecified atom stereocenters. The van der Waals surface area contributed by atoms with Gasteiger partial charge >= 0.3 is 0 Å². The molecule has 3 aliphatic rings. The maximum absolute atomic E-state index is 3.72. The summed E-state index contributed by atoms with van der Waals surface area (Å²) in [4.78, 5) is 0. The Kier molecular flexibility index (Phi) is 0.991. The van der Waals surface area contributed by atoms with Crippen molar-refractivity contribution in [1.29, 1.82) is 0 Å². The minimum atomic E-state index is 0.489. The van der Waals surface area contributed by atoms with E-state index in [0.29, 0.717) is 16.4 Å². The fraction of sp³-hybridized carbons (Fsp3) is 1.00. The Morgan fingerprint density at radius 2 is 2.00 bits per heavy atom. The lowest BCUT2D eigenvalue weighted by atomic mass is 9.27. The highest BCUT2D eigenvalue weighted by molar-refractivity contribution is 5.29. The highest BCUT2D eigenvalue weighted by Crippen LogP contribution is 2.78. The minimum Gasteiger partial charge on any atom is -0.311 e. The largest absolute Gasteiger partial charge is 0.311 e. The Hall–Kier alpha value is -0.0400. The van der Waals surface area contributed by atoms with Crippen LogP contribution in [-0.2, 0) is 0 Å². The van der Waals surface area contributed by atoms with Crippen LogP contribution < -0.4 is 5.32 Å². The van der Waals surface area contributed by atoms with Gasteiger partial charge in [-0.3, -0.25) is 0 Å². The second-order valence-electron chi connectivity index (χ2n) is 5.89. The molecule has 0 spiro atoms. The SMILES string of the molecule is CC12CC3CCNC(C)(C1)C32C. The van der Waals surface area contributed by atoms with E-state index in [2.05, 4.69) is 26.1 Å². The molecule has 2 saturated carbocycles. The zero-order chi connectivity index (χ0) is 8.61. The Morgan fingerprint density at radius 1 is 1.25 bits per heavy atom. The standard InChI is InChI=1S/C11H19N/c1-9-6-8-4-5-12-10(2,7-9)11(8,9)3/h8,12H,4-7H2,1-3H3. The number of hydrogen-bond donors (Lipinski definition) is 1. The van der Waals surface area contributed by atoms with E-state index >= 15 is 0 Å². The summed E-state index contributed by atoms with van der Waals surface area (Å²) in [6.45, 7) is 8.68. The summed E-state index contributed by atoms with van der Waals surface area (Å²) in [7, 11) is 0. The van der Waals surface area contributed by atoms with Gasteiger partial charge in [0.25, 0.3) is 0 Å². The summed E-state index contributed by atoms with van der Waals surface area (Å²) < 4.78 is 0. The number of hydrogen-bond acceptors (Lipinski definition) is 1. The second-order valence-corrected chi connectivity index (χ2v) is 5.89. The maximum atomic E-state index is 3.72. The van der Waals surface area contributed by atoms with Crippen LogP contribution >= 0.6 is 0 Å². The van der Waals surface area contributed by atoms with Gasteiger partial charge in [0.1, 0.15) is 0 Å². The predicted molar refractivity (Wildman–Crippen MR) is 50.0 cm³/mol. The summed E-state index contributed by atoms with van der Waals surface area (Å²) >= 11 is 0. The van der Waals surface area contributed by atoms with Crippen LogP contribution in [0.25, 0.3) is 0 Å². The summed E-state index contributed by atoms with van der Waals surface area (Å²) in [6, 6.07) is 0. The third-order valence-corrected chi connectivity index (χ3v) is 5.67. The van der Waals surface area contributed by atoms with Crippen molar-refractivity contribution >= 4 is 0 Å². The van der Waals surface area contributed by atoms with Crippen LogP contribution in [0.3, 0.4) is 0 Å². The first-order valence-electron chi connectivity index (χ1n) is 5.27. The molecule has 4 atom stereocenters. The first-order valence-corrected chi connectivity index (χ1v) is 5.27. The van der Waals surface area contributed by atoms with E-state index in [1.807, 2.05) is 0 Å². The van der Waals surface area contributed by atoms with Crippen molar-refractivity contribution in [3.05, 3.63) is 0 Å². The molecular formula is C11H19N. The zero-order valence-corrected chi connectivity index (χ0v) is 8.41. The molecule has 1 heterocycles. The molecule has 12 heavy (non-hydrogen) atoms. The molecule has 3 fully saturated rings. The summed E-state index contributed by atoms with van der Waals surface area (Å²) in [5, 5.41) is 3.72. The highest BCUT2D eigenvalue weighted by Gasteiger charge is 2.76.